The molecule has 0 radical (unpaired) electrons. The topological polar surface area (TPSA) is 98.2 Å². The quantitative estimate of drug-likeness (QED) is 0.669. The lowest BCUT2D eigenvalue weighted by atomic mass is 10.2. The number of carbonyl (C=O) groups excluding carboxylic acids is 1. The molecule has 1 amide bonds. The van der Waals surface area contributed by atoms with Crippen molar-refractivity contribution in [2.75, 3.05) is 19.5 Å². The Hall–Kier alpha value is -2.26. The number of benzene rings is 1. The molecule has 0 bridgehead atoms. The van der Waals surface area contributed by atoms with Gasteiger partial charge in [-0.25, -0.2) is 9.89 Å². The zero-order valence-electron chi connectivity index (χ0n) is 14.6. The maximum Gasteiger partial charge on any atom is 0.344 e. The molecule has 140 valence electrons. The van der Waals surface area contributed by atoms with E-state index in [1.165, 1.54) is 16.3 Å². The number of aromatic nitrogens is 3. The largest absolute Gasteiger partial charge is 0.496 e. The molecule has 1 aromatic carbocycles. The van der Waals surface area contributed by atoms with Crippen LogP contribution in [0.3, 0.4) is 0 Å². The van der Waals surface area contributed by atoms with Gasteiger partial charge in [-0.15, -0.1) is 5.10 Å². The van der Waals surface area contributed by atoms with Crippen molar-refractivity contribution in [2.45, 2.75) is 37.2 Å². The Bertz CT molecular complexity index is 798. The van der Waals surface area contributed by atoms with E-state index in [1.807, 2.05) is 24.3 Å². The first-order valence-corrected chi connectivity index (χ1v) is 9.44. The lowest BCUT2D eigenvalue weighted by molar-refractivity contribution is -0.118. The third-order valence-corrected chi connectivity index (χ3v) is 5.11. The summed E-state index contributed by atoms with van der Waals surface area (Å²) >= 11 is 1.23. The fourth-order valence-corrected chi connectivity index (χ4v) is 3.58. The number of amides is 1. The second-order valence-corrected chi connectivity index (χ2v) is 6.88. The highest BCUT2D eigenvalue weighted by Gasteiger charge is 2.20. The van der Waals surface area contributed by atoms with E-state index < -0.39 is 0 Å². The molecule has 2 heterocycles. The molecule has 8 nitrogen and oxygen atoms in total. The third-order valence-electron chi connectivity index (χ3n) is 4.13. The molecule has 1 aliphatic rings. The number of carbonyl (C=O) groups is 1. The molecule has 0 unspecified atom stereocenters. The molecular formula is C17H22N4O4S. The minimum atomic E-state index is -0.280. The van der Waals surface area contributed by atoms with E-state index >= 15 is 0 Å². The number of hydrogen-bond donors (Lipinski definition) is 2. The summed E-state index contributed by atoms with van der Waals surface area (Å²) in [7, 11) is 1.60. The van der Waals surface area contributed by atoms with E-state index in [0.717, 1.165) is 30.8 Å². The van der Waals surface area contributed by atoms with E-state index in [-0.39, 0.29) is 23.5 Å². The number of hydrogen-bond acceptors (Lipinski definition) is 6. The normalized spacial score (nSPS) is 16.6. The Morgan fingerprint density at radius 3 is 3.12 bits per heavy atom. The summed E-state index contributed by atoms with van der Waals surface area (Å²) < 4.78 is 12.4. The van der Waals surface area contributed by atoms with Gasteiger partial charge in [0, 0.05) is 18.7 Å². The zero-order valence-corrected chi connectivity index (χ0v) is 15.4. The molecule has 0 saturated carbocycles. The summed E-state index contributed by atoms with van der Waals surface area (Å²) in [6.07, 6.45) is 1.97. The Labute approximate surface area is 155 Å². The van der Waals surface area contributed by atoms with Gasteiger partial charge in [-0.2, -0.15) is 0 Å². The van der Waals surface area contributed by atoms with Gasteiger partial charge in [0.25, 0.3) is 0 Å². The number of methoxy groups -OCH3 is 1. The molecule has 1 fully saturated rings. The van der Waals surface area contributed by atoms with Crippen LogP contribution in [0.15, 0.2) is 34.2 Å². The Morgan fingerprint density at radius 2 is 2.35 bits per heavy atom. The number of aromatic amines is 1. The predicted octanol–water partition coefficient (Wildman–Crippen LogP) is 1.17. The second kappa shape index (κ2) is 8.91. The minimum absolute atomic E-state index is 0.0315. The fraction of sp³-hybridized carbons (Fsp3) is 0.471. The number of H-pyrrole nitrogens is 1. The van der Waals surface area contributed by atoms with Gasteiger partial charge >= 0.3 is 5.69 Å². The maximum atomic E-state index is 12.1. The first-order chi connectivity index (χ1) is 12.7. The molecule has 3 rings (SSSR count). The van der Waals surface area contributed by atoms with Crippen LogP contribution >= 0.6 is 11.8 Å². The SMILES string of the molecule is COc1ccccc1CNC(=O)CSc1n[nH]c(=O)n1C[C@@H]1CCCO1. The zero-order chi connectivity index (χ0) is 18.4. The molecule has 0 aliphatic carbocycles. The summed E-state index contributed by atoms with van der Waals surface area (Å²) in [4.78, 5) is 24.0. The molecule has 9 heteroatoms. The molecule has 1 aliphatic heterocycles. The van der Waals surface area contributed by atoms with Crippen molar-refractivity contribution in [1.29, 1.82) is 0 Å². The van der Waals surface area contributed by atoms with Crippen LogP contribution in [0.1, 0.15) is 18.4 Å². The number of nitrogens with zero attached hydrogens (tertiary/aromatic N) is 2. The summed E-state index contributed by atoms with van der Waals surface area (Å²) in [5, 5.41) is 9.80. The van der Waals surface area contributed by atoms with Gasteiger partial charge in [0.2, 0.25) is 5.91 Å². The van der Waals surface area contributed by atoms with Gasteiger partial charge in [-0.05, 0) is 18.9 Å². The Kier molecular flexibility index (Phi) is 6.35. The third kappa shape index (κ3) is 4.67. The highest BCUT2D eigenvalue weighted by atomic mass is 32.2. The van der Waals surface area contributed by atoms with E-state index in [9.17, 15) is 9.59 Å². The van der Waals surface area contributed by atoms with Crippen molar-refractivity contribution >= 4 is 17.7 Å². The summed E-state index contributed by atoms with van der Waals surface area (Å²) in [5.74, 6) is 0.767. The maximum absolute atomic E-state index is 12.1. The van der Waals surface area contributed by atoms with E-state index in [2.05, 4.69) is 15.5 Å². The van der Waals surface area contributed by atoms with Crippen LogP contribution < -0.4 is 15.7 Å². The average molecular weight is 378 g/mol. The molecule has 1 saturated heterocycles. The highest BCUT2D eigenvalue weighted by molar-refractivity contribution is 7.99. The van der Waals surface area contributed by atoms with E-state index in [1.54, 1.807) is 7.11 Å². The number of ether oxygens (including phenoxy) is 2. The van der Waals surface area contributed by atoms with Gasteiger partial charge in [0.05, 0.1) is 25.5 Å². The van der Waals surface area contributed by atoms with Crippen LogP contribution in [0.4, 0.5) is 0 Å². The Morgan fingerprint density at radius 1 is 1.50 bits per heavy atom. The van der Waals surface area contributed by atoms with E-state index in [4.69, 9.17) is 9.47 Å². The summed E-state index contributed by atoms with van der Waals surface area (Å²) in [6, 6.07) is 7.53. The number of nitrogens with one attached hydrogen (secondary N) is 2. The predicted molar refractivity (Wildman–Crippen MR) is 97.4 cm³/mol. The summed E-state index contributed by atoms with van der Waals surface area (Å²) in [5.41, 5.74) is 0.626. The monoisotopic (exact) mass is 378 g/mol. The van der Waals surface area contributed by atoms with Gasteiger partial charge in [0.15, 0.2) is 5.16 Å². The van der Waals surface area contributed by atoms with Crippen LogP contribution in [0.5, 0.6) is 5.75 Å². The lowest BCUT2D eigenvalue weighted by Gasteiger charge is -2.11. The van der Waals surface area contributed by atoms with Crippen LogP contribution in [-0.2, 0) is 22.6 Å². The number of para-hydroxylation sites is 1. The second-order valence-electron chi connectivity index (χ2n) is 5.93. The summed E-state index contributed by atoms with van der Waals surface area (Å²) in [6.45, 7) is 1.57. The molecule has 2 aromatic rings. The van der Waals surface area contributed by atoms with Crippen molar-refractivity contribution < 1.29 is 14.3 Å². The molecule has 1 atom stereocenters. The van der Waals surface area contributed by atoms with Crippen molar-refractivity contribution in [3.05, 3.63) is 40.3 Å². The van der Waals surface area contributed by atoms with Crippen LogP contribution in [-0.4, -0.2) is 46.2 Å². The first-order valence-electron chi connectivity index (χ1n) is 8.45. The van der Waals surface area contributed by atoms with Crippen molar-refractivity contribution in [1.82, 2.24) is 20.1 Å². The number of rotatable bonds is 8. The molecule has 26 heavy (non-hydrogen) atoms. The fourth-order valence-electron chi connectivity index (χ4n) is 2.79. The van der Waals surface area contributed by atoms with Crippen LogP contribution in [0.25, 0.3) is 0 Å². The molecular weight excluding hydrogens is 356 g/mol. The van der Waals surface area contributed by atoms with Crippen molar-refractivity contribution in [3.63, 3.8) is 0 Å². The minimum Gasteiger partial charge on any atom is -0.496 e. The average Bonchev–Trinajstić information content (AvgIpc) is 3.29. The first kappa shape index (κ1) is 18.5. The lowest BCUT2D eigenvalue weighted by Crippen LogP contribution is -2.26. The standard InChI is InChI=1S/C17H22N4O4S/c1-24-14-7-3-2-5-12(14)9-18-15(22)11-26-17-20-19-16(23)21(17)10-13-6-4-8-25-13/h2-3,5,7,13H,4,6,8-11H2,1H3,(H,18,22)(H,19,23)/t13-/m0/s1. The Balaban J connectivity index is 1.52. The molecule has 0 spiro atoms. The number of thioether (sulfide) groups is 1. The van der Waals surface area contributed by atoms with Gasteiger partial charge in [-0.1, -0.05) is 30.0 Å². The molecule has 2 N–H and O–H groups in total. The smallest absolute Gasteiger partial charge is 0.344 e. The van der Waals surface area contributed by atoms with Crippen molar-refractivity contribution in [3.8, 4) is 5.75 Å². The molecule has 1 aromatic heterocycles. The van der Waals surface area contributed by atoms with Gasteiger partial charge in [-0.3, -0.25) is 9.36 Å². The van der Waals surface area contributed by atoms with Gasteiger partial charge in [0.1, 0.15) is 5.75 Å². The van der Waals surface area contributed by atoms with Gasteiger partial charge < -0.3 is 14.8 Å². The van der Waals surface area contributed by atoms with Crippen LogP contribution in [0, 0.1) is 0 Å². The van der Waals surface area contributed by atoms with Crippen molar-refractivity contribution in [2.24, 2.45) is 0 Å². The van der Waals surface area contributed by atoms with Crippen LogP contribution in [0.2, 0.25) is 0 Å². The highest BCUT2D eigenvalue weighted by Crippen LogP contribution is 2.19. The van der Waals surface area contributed by atoms with E-state index in [0.29, 0.717) is 18.2 Å².